The first kappa shape index (κ1) is 13.8. The summed E-state index contributed by atoms with van der Waals surface area (Å²) in [7, 11) is 0. The summed E-state index contributed by atoms with van der Waals surface area (Å²) in [5.41, 5.74) is 1.59. The van der Waals surface area contributed by atoms with Crippen molar-refractivity contribution in [3.8, 4) is 0 Å². The van der Waals surface area contributed by atoms with E-state index in [9.17, 15) is 4.79 Å². The third-order valence-electron chi connectivity index (χ3n) is 3.42. The normalized spacial score (nSPS) is 14.2. The molecule has 0 radical (unpaired) electrons. The van der Waals surface area contributed by atoms with Gasteiger partial charge in [-0.15, -0.1) is 0 Å². The molecule has 104 valence electrons. The van der Waals surface area contributed by atoms with Crippen LogP contribution in [0.1, 0.15) is 49.9 Å². The van der Waals surface area contributed by atoms with Gasteiger partial charge < -0.3 is 10.2 Å². The fourth-order valence-electron chi connectivity index (χ4n) is 2.23. The van der Waals surface area contributed by atoms with Crippen LogP contribution in [0.15, 0.2) is 18.5 Å². The first-order valence-electron chi connectivity index (χ1n) is 7.26. The minimum Gasteiger partial charge on any atom is -0.383 e. The number of anilines is 1. The van der Waals surface area contributed by atoms with Gasteiger partial charge in [-0.2, -0.15) is 0 Å². The van der Waals surface area contributed by atoms with Gasteiger partial charge in [0.15, 0.2) is 0 Å². The van der Waals surface area contributed by atoms with Crippen LogP contribution in [-0.4, -0.2) is 34.9 Å². The Hall–Kier alpha value is -1.58. The highest BCUT2D eigenvalue weighted by molar-refractivity contribution is 5.99. The van der Waals surface area contributed by atoms with Crippen LogP contribution in [0.5, 0.6) is 0 Å². The van der Waals surface area contributed by atoms with E-state index in [0.717, 1.165) is 50.0 Å². The highest BCUT2D eigenvalue weighted by Gasteiger charge is 2.33. The van der Waals surface area contributed by atoms with E-state index >= 15 is 0 Å². The molecule has 0 aromatic carbocycles. The number of carbonyl (C=O) groups excluding carboxylic acids is 1. The second-order valence-electron chi connectivity index (χ2n) is 5.03. The van der Waals surface area contributed by atoms with E-state index in [0.29, 0.717) is 6.04 Å². The molecular weight excluding hydrogens is 238 g/mol. The molecule has 1 aromatic heterocycles. The summed E-state index contributed by atoms with van der Waals surface area (Å²) in [6.07, 6.45) is 7.92. The number of hydrogen-bond acceptors (Lipinski definition) is 3. The number of carbonyl (C=O) groups is 1. The SMILES string of the molecule is CCCCN(C(=O)c1ccncc1NCC)C1CC1. The van der Waals surface area contributed by atoms with Crippen molar-refractivity contribution in [2.75, 3.05) is 18.4 Å². The molecule has 0 spiro atoms. The van der Waals surface area contributed by atoms with Crippen molar-refractivity contribution in [3.63, 3.8) is 0 Å². The molecule has 19 heavy (non-hydrogen) atoms. The smallest absolute Gasteiger partial charge is 0.256 e. The van der Waals surface area contributed by atoms with Crippen molar-refractivity contribution >= 4 is 11.6 Å². The third kappa shape index (κ3) is 3.46. The van der Waals surface area contributed by atoms with Crippen LogP contribution < -0.4 is 5.32 Å². The summed E-state index contributed by atoms with van der Waals surface area (Å²) < 4.78 is 0. The molecule has 4 nitrogen and oxygen atoms in total. The monoisotopic (exact) mass is 261 g/mol. The number of pyridine rings is 1. The number of aromatic nitrogens is 1. The lowest BCUT2D eigenvalue weighted by molar-refractivity contribution is 0.0741. The van der Waals surface area contributed by atoms with E-state index in [-0.39, 0.29) is 5.91 Å². The molecule has 0 bridgehead atoms. The van der Waals surface area contributed by atoms with Gasteiger partial charge in [0, 0.05) is 25.3 Å². The van der Waals surface area contributed by atoms with Crippen LogP contribution in [-0.2, 0) is 0 Å². The lowest BCUT2D eigenvalue weighted by Crippen LogP contribution is -2.34. The lowest BCUT2D eigenvalue weighted by atomic mass is 10.1. The summed E-state index contributed by atoms with van der Waals surface area (Å²) in [6, 6.07) is 2.28. The van der Waals surface area contributed by atoms with Gasteiger partial charge in [0.05, 0.1) is 17.4 Å². The van der Waals surface area contributed by atoms with Gasteiger partial charge in [0.1, 0.15) is 0 Å². The predicted octanol–water partition coefficient (Wildman–Crippen LogP) is 2.92. The van der Waals surface area contributed by atoms with Gasteiger partial charge in [0.25, 0.3) is 5.91 Å². The van der Waals surface area contributed by atoms with Crippen molar-refractivity contribution < 1.29 is 4.79 Å². The average molecular weight is 261 g/mol. The Kier molecular flexibility index (Phi) is 4.77. The minimum atomic E-state index is 0.148. The Morgan fingerprint density at radius 3 is 2.89 bits per heavy atom. The van der Waals surface area contributed by atoms with Gasteiger partial charge in [0.2, 0.25) is 0 Å². The van der Waals surface area contributed by atoms with Crippen LogP contribution in [0, 0.1) is 0 Å². The number of hydrogen-bond donors (Lipinski definition) is 1. The molecule has 1 heterocycles. The standard InChI is InChI=1S/C15H23N3O/c1-3-5-10-18(12-6-7-12)15(19)13-8-9-16-11-14(13)17-4-2/h8-9,11-12,17H,3-7,10H2,1-2H3. The minimum absolute atomic E-state index is 0.148. The molecule has 1 fully saturated rings. The number of nitrogens with zero attached hydrogens (tertiary/aromatic N) is 2. The Balaban J connectivity index is 2.16. The maximum Gasteiger partial charge on any atom is 0.256 e. The molecule has 1 amide bonds. The van der Waals surface area contributed by atoms with Crippen molar-refractivity contribution in [3.05, 3.63) is 24.0 Å². The number of amides is 1. The lowest BCUT2D eigenvalue weighted by Gasteiger charge is -2.23. The molecule has 1 saturated carbocycles. The predicted molar refractivity (Wildman–Crippen MR) is 77.4 cm³/mol. The van der Waals surface area contributed by atoms with E-state index in [2.05, 4.69) is 17.2 Å². The third-order valence-corrected chi connectivity index (χ3v) is 3.42. The quantitative estimate of drug-likeness (QED) is 0.821. The van der Waals surface area contributed by atoms with Crippen molar-refractivity contribution in [1.29, 1.82) is 0 Å². The molecule has 0 unspecified atom stereocenters. The molecule has 0 saturated heterocycles. The Morgan fingerprint density at radius 2 is 2.26 bits per heavy atom. The molecular formula is C15H23N3O. The first-order valence-corrected chi connectivity index (χ1v) is 7.26. The van der Waals surface area contributed by atoms with Crippen LogP contribution in [0.4, 0.5) is 5.69 Å². The number of unbranched alkanes of at least 4 members (excludes halogenated alkanes) is 1. The van der Waals surface area contributed by atoms with E-state index in [1.54, 1.807) is 12.4 Å². The number of rotatable bonds is 7. The molecule has 2 rings (SSSR count). The van der Waals surface area contributed by atoms with E-state index < -0.39 is 0 Å². The van der Waals surface area contributed by atoms with Crippen molar-refractivity contribution in [1.82, 2.24) is 9.88 Å². The fourth-order valence-corrected chi connectivity index (χ4v) is 2.23. The van der Waals surface area contributed by atoms with Crippen LogP contribution in [0.2, 0.25) is 0 Å². The fraction of sp³-hybridized carbons (Fsp3) is 0.600. The van der Waals surface area contributed by atoms with Crippen molar-refractivity contribution in [2.24, 2.45) is 0 Å². The summed E-state index contributed by atoms with van der Waals surface area (Å²) >= 11 is 0. The largest absolute Gasteiger partial charge is 0.383 e. The second-order valence-corrected chi connectivity index (χ2v) is 5.03. The molecule has 1 N–H and O–H groups in total. The summed E-state index contributed by atoms with van der Waals surface area (Å²) in [4.78, 5) is 18.8. The van der Waals surface area contributed by atoms with E-state index in [1.807, 2.05) is 17.9 Å². The molecule has 1 aliphatic rings. The maximum absolute atomic E-state index is 12.7. The van der Waals surface area contributed by atoms with E-state index in [4.69, 9.17) is 0 Å². The first-order chi connectivity index (χ1) is 9.27. The molecule has 0 aliphatic heterocycles. The summed E-state index contributed by atoms with van der Waals surface area (Å²) in [5, 5.41) is 3.22. The Morgan fingerprint density at radius 1 is 1.47 bits per heavy atom. The van der Waals surface area contributed by atoms with Crippen LogP contribution in [0.25, 0.3) is 0 Å². The number of nitrogens with one attached hydrogen (secondary N) is 1. The Bertz CT molecular complexity index is 429. The topological polar surface area (TPSA) is 45.2 Å². The van der Waals surface area contributed by atoms with Gasteiger partial charge in [-0.25, -0.2) is 0 Å². The molecule has 1 aromatic rings. The van der Waals surface area contributed by atoms with Gasteiger partial charge in [-0.1, -0.05) is 13.3 Å². The van der Waals surface area contributed by atoms with Gasteiger partial charge in [-0.05, 0) is 32.3 Å². The van der Waals surface area contributed by atoms with Crippen LogP contribution in [0.3, 0.4) is 0 Å². The summed E-state index contributed by atoms with van der Waals surface area (Å²) in [5.74, 6) is 0.148. The van der Waals surface area contributed by atoms with Crippen LogP contribution >= 0.6 is 0 Å². The zero-order chi connectivity index (χ0) is 13.7. The van der Waals surface area contributed by atoms with E-state index in [1.165, 1.54) is 0 Å². The highest BCUT2D eigenvalue weighted by Crippen LogP contribution is 2.29. The molecule has 4 heteroatoms. The zero-order valence-corrected chi connectivity index (χ0v) is 11.9. The van der Waals surface area contributed by atoms with Gasteiger partial charge in [-0.3, -0.25) is 9.78 Å². The molecule has 0 atom stereocenters. The zero-order valence-electron chi connectivity index (χ0n) is 11.9. The van der Waals surface area contributed by atoms with Gasteiger partial charge >= 0.3 is 0 Å². The highest BCUT2D eigenvalue weighted by atomic mass is 16.2. The Labute approximate surface area is 115 Å². The average Bonchev–Trinajstić information content (AvgIpc) is 3.24. The maximum atomic E-state index is 12.7. The molecule has 1 aliphatic carbocycles. The van der Waals surface area contributed by atoms with Crippen molar-refractivity contribution in [2.45, 2.75) is 45.6 Å². The summed E-state index contributed by atoms with van der Waals surface area (Å²) in [6.45, 7) is 5.85. The second kappa shape index (κ2) is 6.55.